The first-order chi connectivity index (χ1) is 6.72. The van der Waals surface area contributed by atoms with Gasteiger partial charge in [0.15, 0.2) is 0 Å². The summed E-state index contributed by atoms with van der Waals surface area (Å²) >= 11 is 5.79. The molecule has 0 spiro atoms. The Bertz CT molecular complexity index is 336. The Morgan fingerprint density at radius 3 is 2.64 bits per heavy atom. The van der Waals surface area contributed by atoms with Crippen molar-refractivity contribution in [3.05, 3.63) is 39.8 Å². The minimum atomic E-state index is -0.0596. The molecular formula is C11H12ClNO. The molecule has 74 valence electrons. The van der Waals surface area contributed by atoms with Gasteiger partial charge < -0.3 is 0 Å². The van der Waals surface area contributed by atoms with Gasteiger partial charge in [0.1, 0.15) is 0 Å². The fourth-order valence-corrected chi connectivity index (χ4v) is 2.05. The molecule has 0 heterocycles. The third-order valence-corrected chi connectivity index (χ3v) is 3.18. The summed E-state index contributed by atoms with van der Waals surface area (Å²) in [7, 11) is 0. The second-order valence-corrected chi connectivity index (χ2v) is 4.34. The first kappa shape index (κ1) is 9.66. The average Bonchev–Trinajstić information content (AvgIpc) is 2.98. The van der Waals surface area contributed by atoms with Crippen LogP contribution in [0.4, 0.5) is 0 Å². The molecule has 3 atom stereocenters. The number of nitroso groups, excluding NO2 is 1. The molecular weight excluding hydrogens is 198 g/mol. The summed E-state index contributed by atoms with van der Waals surface area (Å²) in [5, 5.41) is 3.82. The van der Waals surface area contributed by atoms with Crippen LogP contribution in [-0.4, -0.2) is 6.04 Å². The monoisotopic (exact) mass is 209 g/mol. The Labute approximate surface area is 88.2 Å². The predicted molar refractivity (Wildman–Crippen MR) is 57.6 cm³/mol. The van der Waals surface area contributed by atoms with Crippen LogP contribution < -0.4 is 0 Å². The lowest BCUT2D eigenvalue weighted by atomic mass is 10.1. The standard InChI is InChI=1S/C11H12ClNO/c1-7(13-14)10-6-11(10)8-2-4-9(12)5-3-8/h2-5,7,10-11H,6H2,1H3. The highest BCUT2D eigenvalue weighted by molar-refractivity contribution is 6.30. The summed E-state index contributed by atoms with van der Waals surface area (Å²) in [6.07, 6.45) is 1.08. The predicted octanol–water partition coefficient (Wildman–Crippen LogP) is 3.60. The smallest absolute Gasteiger partial charge is 0.0925 e. The Balaban J connectivity index is 2.06. The summed E-state index contributed by atoms with van der Waals surface area (Å²) < 4.78 is 0. The van der Waals surface area contributed by atoms with Gasteiger partial charge in [-0.25, -0.2) is 0 Å². The fourth-order valence-electron chi connectivity index (χ4n) is 1.92. The third-order valence-electron chi connectivity index (χ3n) is 2.92. The van der Waals surface area contributed by atoms with Crippen LogP contribution in [0.3, 0.4) is 0 Å². The lowest BCUT2D eigenvalue weighted by Gasteiger charge is -2.01. The normalized spacial score (nSPS) is 27.0. The summed E-state index contributed by atoms with van der Waals surface area (Å²) in [4.78, 5) is 10.3. The highest BCUT2D eigenvalue weighted by Gasteiger charge is 2.42. The van der Waals surface area contributed by atoms with Gasteiger partial charge in [-0.05, 0) is 42.9 Å². The first-order valence-corrected chi connectivity index (χ1v) is 5.18. The van der Waals surface area contributed by atoms with Gasteiger partial charge in [0.05, 0.1) is 6.04 Å². The highest BCUT2D eigenvalue weighted by atomic mass is 35.5. The molecule has 1 saturated carbocycles. The number of rotatable bonds is 3. The molecule has 0 N–H and O–H groups in total. The molecule has 1 aliphatic carbocycles. The highest BCUT2D eigenvalue weighted by Crippen LogP contribution is 2.50. The van der Waals surface area contributed by atoms with Gasteiger partial charge in [0, 0.05) is 5.02 Å². The molecule has 0 aliphatic heterocycles. The minimum Gasteiger partial charge on any atom is -0.151 e. The average molecular weight is 210 g/mol. The fraction of sp³-hybridized carbons (Fsp3) is 0.455. The number of benzene rings is 1. The maximum absolute atomic E-state index is 10.3. The maximum Gasteiger partial charge on any atom is 0.0925 e. The van der Waals surface area contributed by atoms with Crippen molar-refractivity contribution in [3.8, 4) is 0 Å². The Kier molecular flexibility index (Phi) is 2.55. The number of hydrogen-bond donors (Lipinski definition) is 0. The molecule has 0 bridgehead atoms. The van der Waals surface area contributed by atoms with Crippen LogP contribution in [0.5, 0.6) is 0 Å². The lowest BCUT2D eigenvalue weighted by Crippen LogP contribution is -2.00. The largest absolute Gasteiger partial charge is 0.151 e. The molecule has 2 rings (SSSR count). The van der Waals surface area contributed by atoms with E-state index in [0.717, 1.165) is 11.4 Å². The van der Waals surface area contributed by atoms with Crippen molar-refractivity contribution in [2.45, 2.75) is 25.3 Å². The summed E-state index contributed by atoms with van der Waals surface area (Å²) in [5.41, 5.74) is 1.27. The molecule has 0 saturated heterocycles. The van der Waals surface area contributed by atoms with Crippen LogP contribution in [0.25, 0.3) is 0 Å². The van der Waals surface area contributed by atoms with Crippen molar-refractivity contribution < 1.29 is 0 Å². The quantitative estimate of drug-likeness (QED) is 0.700. The molecule has 0 radical (unpaired) electrons. The lowest BCUT2D eigenvalue weighted by molar-refractivity contribution is 0.629. The summed E-state index contributed by atoms with van der Waals surface area (Å²) in [5.74, 6) is 0.952. The third kappa shape index (κ3) is 1.80. The van der Waals surface area contributed by atoms with Crippen molar-refractivity contribution in [3.63, 3.8) is 0 Å². The van der Waals surface area contributed by atoms with E-state index in [0.29, 0.717) is 11.8 Å². The Hall–Kier alpha value is -0.890. The molecule has 14 heavy (non-hydrogen) atoms. The van der Waals surface area contributed by atoms with Gasteiger partial charge in [-0.15, -0.1) is 0 Å². The van der Waals surface area contributed by atoms with Gasteiger partial charge in [-0.1, -0.05) is 28.9 Å². The van der Waals surface area contributed by atoms with Crippen LogP contribution in [-0.2, 0) is 0 Å². The summed E-state index contributed by atoms with van der Waals surface area (Å²) in [6, 6.07) is 7.79. The topological polar surface area (TPSA) is 29.4 Å². The maximum atomic E-state index is 10.3. The van der Waals surface area contributed by atoms with E-state index in [2.05, 4.69) is 5.18 Å². The number of nitrogens with zero attached hydrogens (tertiary/aromatic N) is 1. The van der Waals surface area contributed by atoms with Crippen molar-refractivity contribution in [1.29, 1.82) is 0 Å². The van der Waals surface area contributed by atoms with E-state index in [-0.39, 0.29) is 6.04 Å². The van der Waals surface area contributed by atoms with Gasteiger partial charge in [0.2, 0.25) is 0 Å². The summed E-state index contributed by atoms with van der Waals surface area (Å²) in [6.45, 7) is 1.88. The second-order valence-electron chi connectivity index (χ2n) is 3.90. The zero-order valence-electron chi connectivity index (χ0n) is 7.98. The van der Waals surface area contributed by atoms with Crippen LogP contribution in [0.15, 0.2) is 29.4 Å². The Morgan fingerprint density at radius 1 is 1.43 bits per heavy atom. The van der Waals surface area contributed by atoms with Crippen LogP contribution >= 0.6 is 11.6 Å². The molecule has 1 aromatic rings. The zero-order valence-corrected chi connectivity index (χ0v) is 8.74. The molecule has 3 heteroatoms. The van der Waals surface area contributed by atoms with Crippen molar-refractivity contribution in [1.82, 2.24) is 0 Å². The van der Waals surface area contributed by atoms with Gasteiger partial charge in [-0.3, -0.25) is 0 Å². The van der Waals surface area contributed by atoms with E-state index in [4.69, 9.17) is 11.6 Å². The van der Waals surface area contributed by atoms with Gasteiger partial charge >= 0.3 is 0 Å². The molecule has 2 nitrogen and oxygen atoms in total. The van der Waals surface area contributed by atoms with Crippen molar-refractivity contribution >= 4 is 11.6 Å². The second kappa shape index (κ2) is 3.70. The Morgan fingerprint density at radius 2 is 2.07 bits per heavy atom. The van der Waals surface area contributed by atoms with Gasteiger partial charge in [0.25, 0.3) is 0 Å². The van der Waals surface area contributed by atoms with E-state index in [1.54, 1.807) is 0 Å². The molecule has 1 aromatic carbocycles. The molecule has 0 amide bonds. The molecule has 3 unspecified atom stereocenters. The zero-order chi connectivity index (χ0) is 10.1. The SMILES string of the molecule is CC(N=O)C1CC1c1ccc(Cl)cc1. The van der Waals surface area contributed by atoms with Crippen LogP contribution in [0.2, 0.25) is 5.02 Å². The molecule has 1 fully saturated rings. The van der Waals surface area contributed by atoms with Crippen molar-refractivity contribution in [2.75, 3.05) is 0 Å². The number of halogens is 1. The van der Waals surface area contributed by atoms with E-state index in [1.807, 2.05) is 31.2 Å². The van der Waals surface area contributed by atoms with Gasteiger partial charge in [-0.2, -0.15) is 4.91 Å². The van der Waals surface area contributed by atoms with E-state index < -0.39 is 0 Å². The van der Waals surface area contributed by atoms with E-state index in [1.165, 1.54) is 5.56 Å². The van der Waals surface area contributed by atoms with Crippen molar-refractivity contribution in [2.24, 2.45) is 11.1 Å². The molecule has 1 aliphatic rings. The van der Waals surface area contributed by atoms with E-state index >= 15 is 0 Å². The first-order valence-electron chi connectivity index (χ1n) is 4.80. The van der Waals surface area contributed by atoms with Crippen LogP contribution in [0.1, 0.15) is 24.8 Å². The van der Waals surface area contributed by atoms with Crippen LogP contribution in [0, 0.1) is 10.8 Å². The van der Waals surface area contributed by atoms with E-state index in [9.17, 15) is 4.91 Å². The molecule has 0 aromatic heterocycles. The minimum absolute atomic E-state index is 0.0596. The number of hydrogen-bond acceptors (Lipinski definition) is 2.